The van der Waals surface area contributed by atoms with Crippen LogP contribution >= 0.6 is 0 Å². The minimum atomic E-state index is -0.831. The van der Waals surface area contributed by atoms with E-state index in [1.165, 1.54) is 18.2 Å². The maximum Gasteiger partial charge on any atom is 0.343 e. The lowest BCUT2D eigenvalue weighted by molar-refractivity contribution is 0.0734. The highest BCUT2D eigenvalue weighted by Gasteiger charge is 2.20. The second kappa shape index (κ2) is 21.4. The van der Waals surface area contributed by atoms with Crippen molar-refractivity contribution in [1.82, 2.24) is 0 Å². The van der Waals surface area contributed by atoms with E-state index in [2.05, 4.69) is 71.0 Å². The Morgan fingerprint density at radius 1 is 0.270 bits per heavy atom. The highest BCUT2D eigenvalue weighted by Crippen LogP contribution is 2.21. The summed E-state index contributed by atoms with van der Waals surface area (Å²) < 4.78 is 16.9. The number of carbonyl (C=O) groups is 3. The van der Waals surface area contributed by atoms with Crippen LogP contribution in [0, 0.1) is 71.0 Å². The van der Waals surface area contributed by atoms with Crippen LogP contribution in [0.25, 0.3) is 0 Å². The zero-order chi connectivity index (χ0) is 43.5. The zero-order valence-electron chi connectivity index (χ0n) is 33.3. The number of benzene rings is 7. The Hall–Kier alpha value is -9.69. The van der Waals surface area contributed by atoms with Crippen LogP contribution in [0.15, 0.2) is 182 Å². The molecule has 0 heterocycles. The van der Waals surface area contributed by atoms with E-state index < -0.39 is 17.9 Å². The molecule has 0 fully saturated rings. The van der Waals surface area contributed by atoms with Crippen molar-refractivity contribution in [2.75, 3.05) is 0 Å². The van der Waals surface area contributed by atoms with Crippen molar-refractivity contribution in [3.05, 3.63) is 232 Å². The molecule has 294 valence electrons. The molecule has 0 atom stereocenters. The number of hydrogen-bond acceptors (Lipinski definition) is 6. The van der Waals surface area contributed by atoms with Gasteiger partial charge in [-0.2, -0.15) is 0 Å². The van der Waals surface area contributed by atoms with Gasteiger partial charge < -0.3 is 14.2 Å². The molecule has 0 spiro atoms. The molecule has 0 amide bonds. The highest BCUT2D eigenvalue weighted by molar-refractivity contribution is 6.02. The van der Waals surface area contributed by atoms with Crippen molar-refractivity contribution >= 4 is 17.9 Å². The highest BCUT2D eigenvalue weighted by atomic mass is 16.5. The summed E-state index contributed by atoms with van der Waals surface area (Å²) in [5, 5.41) is 0. The molecule has 0 aliphatic heterocycles. The van der Waals surface area contributed by atoms with E-state index in [-0.39, 0.29) is 33.9 Å². The Kier molecular flexibility index (Phi) is 14.1. The van der Waals surface area contributed by atoms with E-state index in [4.69, 9.17) is 14.2 Å². The van der Waals surface area contributed by atoms with Gasteiger partial charge >= 0.3 is 17.9 Å². The molecule has 0 aromatic heterocycles. The lowest BCUT2D eigenvalue weighted by Gasteiger charge is -2.10. The van der Waals surface area contributed by atoms with E-state index >= 15 is 0 Å². The fourth-order valence-electron chi connectivity index (χ4n) is 5.48. The Morgan fingerprint density at radius 2 is 0.476 bits per heavy atom. The number of ether oxygens (including phenoxy) is 3. The summed E-state index contributed by atoms with van der Waals surface area (Å²) in [6.45, 7) is 0. The van der Waals surface area contributed by atoms with Gasteiger partial charge in [0.2, 0.25) is 0 Å². The van der Waals surface area contributed by atoms with Crippen LogP contribution in [0.1, 0.15) is 64.5 Å². The molecule has 7 rings (SSSR count). The van der Waals surface area contributed by atoms with Crippen LogP contribution in [0.4, 0.5) is 0 Å². The lowest BCUT2D eigenvalue weighted by atomic mass is 10.1. The summed E-state index contributed by atoms with van der Waals surface area (Å²) in [7, 11) is 0. The first-order valence-electron chi connectivity index (χ1n) is 19.3. The minimum absolute atomic E-state index is 0.0964. The Labute approximate surface area is 365 Å². The SMILES string of the molecule is O=C(Oc1ccc(C#CC#Cc2ccccc2)cc1)c1cc(C(=O)Oc2ccc(C#CC#Cc3ccccc3)cc2)cc(C(=O)Oc2ccc(C#CC#Cc3ccccc3)cc2)c1. The van der Waals surface area contributed by atoms with E-state index in [1.807, 2.05) is 91.0 Å². The molecular formula is C57H30O6. The van der Waals surface area contributed by atoms with Gasteiger partial charge in [0.15, 0.2) is 0 Å². The fraction of sp³-hybridized carbons (Fsp3) is 0. The molecule has 0 unspecified atom stereocenters. The third-order valence-electron chi connectivity index (χ3n) is 8.58. The van der Waals surface area contributed by atoms with Crippen LogP contribution in [0.3, 0.4) is 0 Å². The quantitative estimate of drug-likeness (QED) is 0.0947. The van der Waals surface area contributed by atoms with Crippen LogP contribution < -0.4 is 14.2 Å². The van der Waals surface area contributed by atoms with E-state index in [1.54, 1.807) is 72.8 Å². The lowest BCUT2D eigenvalue weighted by Crippen LogP contribution is -2.16. The van der Waals surface area contributed by atoms with Crippen LogP contribution in [0.2, 0.25) is 0 Å². The number of hydrogen-bond donors (Lipinski definition) is 0. The molecule has 0 aliphatic carbocycles. The van der Waals surface area contributed by atoms with E-state index in [0.717, 1.165) is 16.7 Å². The van der Waals surface area contributed by atoms with Crippen LogP contribution in [-0.4, -0.2) is 17.9 Å². The topological polar surface area (TPSA) is 78.9 Å². The van der Waals surface area contributed by atoms with Crippen molar-refractivity contribution in [3.8, 4) is 88.3 Å². The van der Waals surface area contributed by atoms with Gasteiger partial charge in [-0.1, -0.05) is 90.1 Å². The van der Waals surface area contributed by atoms with Gasteiger partial charge in [0.05, 0.1) is 16.7 Å². The maximum absolute atomic E-state index is 13.5. The van der Waals surface area contributed by atoms with Crippen molar-refractivity contribution in [3.63, 3.8) is 0 Å². The number of esters is 3. The molecule has 7 aromatic carbocycles. The van der Waals surface area contributed by atoms with E-state index in [0.29, 0.717) is 16.7 Å². The van der Waals surface area contributed by atoms with Gasteiger partial charge in [0, 0.05) is 33.4 Å². The number of rotatable bonds is 6. The molecule has 63 heavy (non-hydrogen) atoms. The molecule has 0 radical (unpaired) electrons. The summed E-state index contributed by atoms with van der Waals surface area (Å²) >= 11 is 0. The Bertz CT molecular complexity index is 2810. The first kappa shape index (κ1) is 41.5. The molecule has 0 saturated heterocycles. The smallest absolute Gasteiger partial charge is 0.343 e. The minimum Gasteiger partial charge on any atom is -0.423 e. The first-order valence-corrected chi connectivity index (χ1v) is 19.3. The van der Waals surface area contributed by atoms with Crippen molar-refractivity contribution in [2.45, 2.75) is 0 Å². The fourth-order valence-corrected chi connectivity index (χ4v) is 5.48. The monoisotopic (exact) mass is 810 g/mol. The largest absolute Gasteiger partial charge is 0.423 e. The standard InChI is InChI=1S/C57H30O6/c58-55(61-52-34-28-46(29-35-52)25-13-10-22-43-16-4-1-5-17-43)49-40-50(56(59)62-53-36-30-47(31-37-53)26-14-11-23-44-18-6-2-7-19-44)42-51(41-49)57(60)63-54-38-32-48(33-39-54)27-15-12-24-45-20-8-3-9-21-45/h1-9,16-21,28-42H. The third-order valence-corrected chi connectivity index (χ3v) is 8.58. The molecule has 7 aromatic rings. The summed E-state index contributed by atoms with van der Waals surface area (Å²) in [4.78, 5) is 40.6. The van der Waals surface area contributed by atoms with Gasteiger partial charge in [-0.25, -0.2) is 14.4 Å². The molecule has 6 nitrogen and oxygen atoms in total. The van der Waals surface area contributed by atoms with Gasteiger partial charge in [-0.15, -0.1) is 0 Å². The Balaban J connectivity index is 1.06. The number of carbonyl (C=O) groups excluding carboxylic acids is 3. The molecule has 0 N–H and O–H groups in total. The van der Waals surface area contributed by atoms with Gasteiger partial charge in [0.25, 0.3) is 0 Å². The summed E-state index contributed by atoms with van der Waals surface area (Å²) in [6, 6.07) is 51.9. The van der Waals surface area contributed by atoms with Crippen LogP contribution in [0.5, 0.6) is 17.2 Å². The van der Waals surface area contributed by atoms with Crippen LogP contribution in [-0.2, 0) is 0 Å². The Morgan fingerprint density at radius 3 is 0.698 bits per heavy atom. The molecule has 0 bridgehead atoms. The van der Waals surface area contributed by atoms with E-state index in [9.17, 15) is 14.4 Å². The molecule has 6 heteroatoms. The zero-order valence-corrected chi connectivity index (χ0v) is 33.3. The summed E-state index contributed by atoms with van der Waals surface area (Å²) in [6.07, 6.45) is 0. The molecular weight excluding hydrogens is 781 g/mol. The predicted octanol–water partition coefficient (Wildman–Crippen LogP) is 9.55. The van der Waals surface area contributed by atoms with Crippen molar-refractivity contribution in [1.29, 1.82) is 0 Å². The average molecular weight is 811 g/mol. The van der Waals surface area contributed by atoms with Gasteiger partial charge in [-0.05, 0) is 163 Å². The third kappa shape index (κ3) is 12.9. The average Bonchev–Trinajstić information content (AvgIpc) is 3.33. The normalized spacial score (nSPS) is 9.33. The molecule has 0 aliphatic rings. The van der Waals surface area contributed by atoms with Crippen molar-refractivity contribution in [2.24, 2.45) is 0 Å². The maximum atomic E-state index is 13.5. The first-order chi connectivity index (χ1) is 30.9. The summed E-state index contributed by atoms with van der Waals surface area (Å²) in [5.74, 6) is 32.8. The molecule has 0 saturated carbocycles. The van der Waals surface area contributed by atoms with Gasteiger partial charge in [-0.3, -0.25) is 0 Å². The predicted molar refractivity (Wildman–Crippen MR) is 241 cm³/mol. The summed E-state index contributed by atoms with van der Waals surface area (Å²) in [5.41, 5.74) is 4.23. The van der Waals surface area contributed by atoms with Crippen molar-refractivity contribution < 1.29 is 28.6 Å². The van der Waals surface area contributed by atoms with Gasteiger partial charge in [0.1, 0.15) is 17.2 Å². The second-order valence-corrected chi connectivity index (χ2v) is 13.1. The second-order valence-electron chi connectivity index (χ2n) is 13.1.